The monoisotopic (exact) mass is 1360 g/mol. The largest absolute Gasteiger partial charge is 0.456 e. The Morgan fingerprint density at radius 3 is 1.21 bits per heavy atom. The molecule has 500 valence electrons. The molecule has 5 aromatic heterocycles. The fourth-order valence-corrected chi connectivity index (χ4v) is 16.3. The van der Waals surface area contributed by atoms with Crippen molar-refractivity contribution in [3.8, 4) is 90.0 Å². The molecule has 3 N–H and O–H groups in total. The molecule has 0 aliphatic carbocycles. The van der Waals surface area contributed by atoms with Gasteiger partial charge in [0.15, 0.2) is 11.6 Å². The molecule has 6 heterocycles. The van der Waals surface area contributed by atoms with E-state index in [0.29, 0.717) is 17.6 Å². The maximum absolute atomic E-state index is 6.39. The second-order valence-electron chi connectivity index (χ2n) is 27.5. The van der Waals surface area contributed by atoms with Crippen molar-refractivity contribution in [3.05, 3.63) is 369 Å². The van der Waals surface area contributed by atoms with Crippen LogP contribution in [0.3, 0.4) is 0 Å². The summed E-state index contributed by atoms with van der Waals surface area (Å²) in [6, 6.07) is 125. The minimum atomic E-state index is -0.250. The van der Waals surface area contributed by atoms with Crippen molar-refractivity contribution < 1.29 is 8.83 Å². The van der Waals surface area contributed by atoms with E-state index in [1.807, 2.05) is 42.5 Å². The summed E-state index contributed by atoms with van der Waals surface area (Å²) in [7, 11) is 0. The first-order valence-electron chi connectivity index (χ1n) is 36.1. The quantitative estimate of drug-likeness (QED) is 0.111. The maximum Gasteiger partial charge on any atom is 0.238 e. The van der Waals surface area contributed by atoms with Gasteiger partial charge in [0.2, 0.25) is 5.95 Å². The molecule has 1 aliphatic rings. The van der Waals surface area contributed by atoms with Crippen LogP contribution in [0.2, 0.25) is 0 Å². The van der Waals surface area contributed by atoms with Gasteiger partial charge in [-0.2, -0.15) is 9.97 Å². The molecule has 21 rings (SSSR count). The predicted octanol–water partition coefficient (Wildman–Crippen LogP) is 23.7. The maximum atomic E-state index is 6.39. The second-order valence-corrected chi connectivity index (χ2v) is 27.5. The van der Waals surface area contributed by atoms with Gasteiger partial charge in [0, 0.05) is 59.8 Å². The van der Waals surface area contributed by atoms with Crippen LogP contribution in [0.5, 0.6) is 0 Å². The van der Waals surface area contributed by atoms with Gasteiger partial charge in [0.05, 0.1) is 46.3 Å². The SMILES string of the molecule is c1ccc(-c2nc(-c3ccc(-c4cccc(-c5ccc(-c6ccc(C7NC(c8ccccc8)NC(c8ccccc8-n8c9ccccc9c9ccc(-c%10cccc%11oc%12ccccc%12c%10%11)cc98)N7)cc6)cc5)c4)cc3)nc(-n3c4ccccc4c4ccc(-c5cccc6oc7ccccc7c56)cc43)n2)cc1. The van der Waals surface area contributed by atoms with Gasteiger partial charge in [-0.05, 0) is 127 Å². The van der Waals surface area contributed by atoms with Crippen LogP contribution in [0, 0.1) is 0 Å². The van der Waals surface area contributed by atoms with E-state index in [-0.39, 0.29) is 18.5 Å². The Hall–Kier alpha value is -13.6. The number of hydrogen-bond donors (Lipinski definition) is 3. The first-order chi connectivity index (χ1) is 52.5. The molecule has 3 atom stereocenters. The topological polar surface area (TPSA) is 111 Å². The van der Waals surface area contributed by atoms with E-state index in [0.717, 1.165) is 166 Å². The third-order valence-electron chi connectivity index (χ3n) is 21.4. The lowest BCUT2D eigenvalue weighted by Gasteiger charge is -2.40. The number of hydrogen-bond acceptors (Lipinski definition) is 8. The fourth-order valence-electron chi connectivity index (χ4n) is 16.3. The predicted molar refractivity (Wildman–Crippen MR) is 432 cm³/mol. The highest BCUT2D eigenvalue weighted by Gasteiger charge is 2.32. The minimum absolute atomic E-state index is 0.164. The summed E-state index contributed by atoms with van der Waals surface area (Å²) >= 11 is 0. The molecule has 106 heavy (non-hydrogen) atoms. The number of fused-ring (bicyclic) bond motifs is 12. The molecule has 1 aliphatic heterocycles. The lowest BCUT2D eigenvalue weighted by molar-refractivity contribution is 0.203. The summed E-state index contributed by atoms with van der Waals surface area (Å²) < 4.78 is 17.4. The molecule has 10 nitrogen and oxygen atoms in total. The summed E-state index contributed by atoms with van der Waals surface area (Å²) in [5.74, 6) is 1.71. The number of aromatic nitrogens is 5. The molecule has 0 spiro atoms. The van der Waals surface area contributed by atoms with Gasteiger partial charge >= 0.3 is 0 Å². The van der Waals surface area contributed by atoms with Crippen molar-refractivity contribution in [1.82, 2.24) is 40.0 Å². The van der Waals surface area contributed by atoms with Crippen LogP contribution < -0.4 is 16.0 Å². The van der Waals surface area contributed by atoms with Gasteiger partial charge in [0.25, 0.3) is 0 Å². The third kappa shape index (κ3) is 10.4. The smallest absolute Gasteiger partial charge is 0.238 e. The number of nitrogens with zero attached hydrogens (tertiary/aromatic N) is 5. The Labute approximate surface area is 609 Å². The molecule has 3 unspecified atom stereocenters. The average molecular weight is 1360 g/mol. The lowest BCUT2D eigenvalue weighted by Crippen LogP contribution is -2.54. The van der Waals surface area contributed by atoms with E-state index in [1.54, 1.807) is 0 Å². The molecule has 20 aromatic rings. The minimum Gasteiger partial charge on any atom is -0.456 e. The van der Waals surface area contributed by atoms with Crippen molar-refractivity contribution in [1.29, 1.82) is 0 Å². The van der Waals surface area contributed by atoms with Crippen LogP contribution in [-0.4, -0.2) is 24.1 Å². The van der Waals surface area contributed by atoms with E-state index in [9.17, 15) is 0 Å². The van der Waals surface area contributed by atoms with Gasteiger partial charge in [-0.25, -0.2) is 4.98 Å². The molecule has 0 radical (unpaired) electrons. The molecule has 0 bridgehead atoms. The molecule has 15 aromatic carbocycles. The summed E-state index contributed by atoms with van der Waals surface area (Å²) in [4.78, 5) is 15.8. The van der Waals surface area contributed by atoms with Crippen LogP contribution in [0.1, 0.15) is 35.2 Å². The average Bonchev–Trinajstić information content (AvgIpc) is 1.58. The van der Waals surface area contributed by atoms with Crippen LogP contribution in [0.4, 0.5) is 0 Å². The van der Waals surface area contributed by atoms with E-state index < -0.39 is 0 Å². The van der Waals surface area contributed by atoms with Crippen LogP contribution >= 0.6 is 0 Å². The highest BCUT2D eigenvalue weighted by atomic mass is 16.3. The molecular formula is C96H64N8O2. The van der Waals surface area contributed by atoms with Crippen molar-refractivity contribution in [2.75, 3.05) is 0 Å². The molecule has 1 saturated heterocycles. The Kier molecular flexibility index (Phi) is 14.5. The van der Waals surface area contributed by atoms with Crippen molar-refractivity contribution in [2.24, 2.45) is 0 Å². The molecule has 0 amide bonds. The first kappa shape index (κ1) is 61.1. The van der Waals surface area contributed by atoms with Gasteiger partial charge < -0.3 is 13.4 Å². The van der Waals surface area contributed by atoms with Gasteiger partial charge in [-0.3, -0.25) is 20.5 Å². The van der Waals surface area contributed by atoms with Gasteiger partial charge in [-0.15, -0.1) is 0 Å². The normalized spacial score (nSPS) is 14.8. The zero-order chi connectivity index (χ0) is 69.8. The number of furan rings is 2. The number of benzene rings is 15. The number of nitrogens with one attached hydrogen (secondary N) is 3. The highest BCUT2D eigenvalue weighted by molar-refractivity contribution is 6.17. The Balaban J connectivity index is 0.566. The zero-order valence-electron chi connectivity index (χ0n) is 57.3. The molecular weight excluding hydrogens is 1300 g/mol. The van der Waals surface area contributed by atoms with Crippen LogP contribution in [0.15, 0.2) is 361 Å². The van der Waals surface area contributed by atoms with E-state index in [4.69, 9.17) is 23.8 Å². The Morgan fingerprint density at radius 1 is 0.245 bits per heavy atom. The number of rotatable bonds is 12. The summed E-state index contributed by atoms with van der Waals surface area (Å²) in [5, 5.41) is 21.0. The summed E-state index contributed by atoms with van der Waals surface area (Å²) in [5.41, 5.74) is 25.3. The van der Waals surface area contributed by atoms with Crippen LogP contribution in [-0.2, 0) is 0 Å². The molecule has 0 saturated carbocycles. The van der Waals surface area contributed by atoms with Crippen molar-refractivity contribution in [3.63, 3.8) is 0 Å². The standard InChI is InChI=1S/C96H64N8O2/c1-3-20-63(21-4-1)91-97-92(100-95(99-91)77-28-9-14-35-82(77)103-80-33-12-7-26-73(80)75-54-52-69(57-83(75)103)71-31-18-38-87-89(71)78-29-10-15-36-85(78)105-87)65-48-44-60(45-49-65)59-40-42-61(43-41-59)67-24-17-25-68(56-67)62-46-50-66(51-47-62)94-98-93(64-22-5-2-6-23-64)101-96(102-94)104-81-34-13-8-27-74(81)76-55-53-70(58-84(76)104)72-32-19-39-88-90(72)79-30-11-16-37-86(79)106-88/h1-58,91-92,95,97,99-100H. The van der Waals surface area contributed by atoms with Gasteiger partial charge in [0.1, 0.15) is 22.3 Å². The Bertz CT molecular complexity index is 6820. The first-order valence-corrected chi connectivity index (χ1v) is 36.1. The molecule has 10 heteroatoms. The van der Waals surface area contributed by atoms with E-state index in [1.165, 1.54) is 10.8 Å². The van der Waals surface area contributed by atoms with E-state index in [2.05, 4.69) is 334 Å². The third-order valence-corrected chi connectivity index (χ3v) is 21.4. The zero-order valence-corrected chi connectivity index (χ0v) is 57.3. The van der Waals surface area contributed by atoms with Crippen molar-refractivity contribution in [2.45, 2.75) is 18.5 Å². The molecule has 1 fully saturated rings. The van der Waals surface area contributed by atoms with Crippen molar-refractivity contribution >= 4 is 87.5 Å². The van der Waals surface area contributed by atoms with Gasteiger partial charge in [-0.1, -0.05) is 291 Å². The van der Waals surface area contributed by atoms with E-state index >= 15 is 0 Å². The fraction of sp³-hybridized carbons (Fsp3) is 0.0312. The summed E-state index contributed by atoms with van der Waals surface area (Å²) in [6.45, 7) is 0. The highest BCUT2D eigenvalue weighted by Crippen LogP contribution is 2.44. The van der Waals surface area contributed by atoms with Crippen LogP contribution in [0.25, 0.3) is 178 Å². The Morgan fingerprint density at radius 2 is 0.632 bits per heavy atom. The lowest BCUT2D eigenvalue weighted by atomic mass is 9.96. The number of para-hydroxylation sites is 5. The second kappa shape index (κ2) is 25.1. The summed E-state index contributed by atoms with van der Waals surface area (Å²) in [6.07, 6.45) is -0.614.